The molecule has 1 aromatic heterocycles. The van der Waals surface area contributed by atoms with E-state index in [9.17, 15) is 4.79 Å². The van der Waals surface area contributed by atoms with E-state index in [1.807, 2.05) is 25.1 Å². The lowest BCUT2D eigenvalue weighted by Crippen LogP contribution is -2.36. The number of carbonyl (C=O) groups excluding carboxylic acids is 1. The van der Waals surface area contributed by atoms with Gasteiger partial charge in [-0.15, -0.1) is 0 Å². The molecule has 1 heterocycles. The monoisotopic (exact) mass is 379 g/mol. The first-order chi connectivity index (χ1) is 13.2. The maximum atomic E-state index is 12.9. The van der Waals surface area contributed by atoms with E-state index in [1.54, 1.807) is 0 Å². The Morgan fingerprint density at radius 1 is 1.26 bits per heavy atom. The lowest BCUT2D eigenvalue weighted by atomic mass is 9.88. The van der Waals surface area contributed by atoms with Crippen LogP contribution in [0.25, 0.3) is 11.0 Å². The number of aromatic nitrogens is 2. The Kier molecular flexibility index (Phi) is 5.21. The second-order valence-electron chi connectivity index (χ2n) is 7.04. The maximum absolute atomic E-state index is 12.9. The van der Waals surface area contributed by atoms with Crippen molar-refractivity contribution in [3.8, 4) is 0 Å². The highest BCUT2D eigenvalue weighted by atomic mass is 32.2. The fourth-order valence-electron chi connectivity index (χ4n) is 3.85. The van der Waals surface area contributed by atoms with E-state index in [4.69, 9.17) is 4.98 Å². The molecule has 0 radical (unpaired) electrons. The Balaban J connectivity index is 1.49. The lowest BCUT2D eigenvalue weighted by molar-refractivity contribution is -0.121. The highest BCUT2D eigenvalue weighted by molar-refractivity contribution is 8.00. The minimum atomic E-state index is -0.193. The van der Waals surface area contributed by atoms with Gasteiger partial charge in [0.15, 0.2) is 5.16 Å². The molecule has 2 aromatic carbocycles. The fraction of sp³-hybridized carbons (Fsp3) is 0.364. The van der Waals surface area contributed by atoms with E-state index in [2.05, 4.69) is 47.1 Å². The average molecular weight is 380 g/mol. The van der Waals surface area contributed by atoms with Crippen molar-refractivity contribution in [2.45, 2.75) is 56.1 Å². The number of carbonyl (C=O) groups is 1. The smallest absolute Gasteiger partial charge is 0.233 e. The summed E-state index contributed by atoms with van der Waals surface area (Å²) in [5.41, 5.74) is 4.74. The zero-order chi connectivity index (χ0) is 18.8. The van der Waals surface area contributed by atoms with Crippen LogP contribution in [0.2, 0.25) is 0 Å². The summed E-state index contributed by atoms with van der Waals surface area (Å²) in [6.07, 6.45) is 3.23. The molecule has 1 amide bonds. The Morgan fingerprint density at radius 3 is 2.89 bits per heavy atom. The Labute approximate surface area is 164 Å². The van der Waals surface area contributed by atoms with E-state index >= 15 is 0 Å². The Hall–Kier alpha value is -2.27. The van der Waals surface area contributed by atoms with Gasteiger partial charge >= 0.3 is 0 Å². The van der Waals surface area contributed by atoms with Crippen molar-refractivity contribution >= 4 is 28.7 Å². The molecular formula is C22H25N3OS. The van der Waals surface area contributed by atoms with Crippen molar-refractivity contribution in [3.05, 3.63) is 59.7 Å². The van der Waals surface area contributed by atoms with Gasteiger partial charge in [0.05, 0.1) is 22.3 Å². The molecule has 2 atom stereocenters. The van der Waals surface area contributed by atoms with Gasteiger partial charge in [-0.25, -0.2) is 4.98 Å². The number of benzene rings is 2. The van der Waals surface area contributed by atoms with Crippen molar-refractivity contribution in [2.24, 2.45) is 0 Å². The molecule has 0 aliphatic heterocycles. The number of rotatable bonds is 5. The van der Waals surface area contributed by atoms with Crippen LogP contribution in [0.1, 0.15) is 43.9 Å². The van der Waals surface area contributed by atoms with Crippen molar-refractivity contribution < 1.29 is 4.79 Å². The molecule has 4 rings (SSSR count). The van der Waals surface area contributed by atoms with E-state index in [0.29, 0.717) is 0 Å². The van der Waals surface area contributed by atoms with Gasteiger partial charge in [-0.2, -0.15) is 0 Å². The summed E-state index contributed by atoms with van der Waals surface area (Å²) in [7, 11) is 0. The van der Waals surface area contributed by atoms with E-state index in [-0.39, 0.29) is 17.2 Å². The van der Waals surface area contributed by atoms with Gasteiger partial charge in [-0.1, -0.05) is 48.2 Å². The molecule has 1 N–H and O–H groups in total. The molecule has 2 unspecified atom stereocenters. The average Bonchev–Trinajstić information content (AvgIpc) is 3.05. The van der Waals surface area contributed by atoms with Crippen LogP contribution in [-0.2, 0) is 17.8 Å². The van der Waals surface area contributed by atoms with E-state index in [1.165, 1.54) is 22.9 Å². The number of hydrogen-bond donors (Lipinski definition) is 1. The molecule has 3 aromatic rings. The number of hydrogen-bond acceptors (Lipinski definition) is 3. The quantitative estimate of drug-likeness (QED) is 0.652. The number of para-hydroxylation sites is 2. The molecular weight excluding hydrogens is 354 g/mol. The summed E-state index contributed by atoms with van der Waals surface area (Å²) < 4.78 is 2.18. The number of nitrogens with one attached hydrogen (secondary N) is 1. The second-order valence-corrected chi connectivity index (χ2v) is 8.35. The van der Waals surface area contributed by atoms with Gasteiger partial charge in [0.25, 0.3) is 0 Å². The number of aryl methyl sites for hydroxylation is 2. The van der Waals surface area contributed by atoms with Crippen LogP contribution >= 0.6 is 11.8 Å². The van der Waals surface area contributed by atoms with Crippen LogP contribution in [0.3, 0.4) is 0 Å². The van der Waals surface area contributed by atoms with Crippen molar-refractivity contribution in [2.75, 3.05) is 0 Å². The van der Waals surface area contributed by atoms with Crippen LogP contribution in [-0.4, -0.2) is 20.7 Å². The molecule has 0 saturated carbocycles. The Bertz CT molecular complexity index is 965. The zero-order valence-electron chi connectivity index (χ0n) is 15.8. The van der Waals surface area contributed by atoms with Gasteiger partial charge < -0.3 is 9.88 Å². The minimum Gasteiger partial charge on any atom is -0.348 e. The first-order valence-electron chi connectivity index (χ1n) is 9.67. The first kappa shape index (κ1) is 18.1. The number of thioether (sulfide) groups is 1. The number of amides is 1. The molecule has 0 fully saturated rings. The summed E-state index contributed by atoms with van der Waals surface area (Å²) in [6.45, 7) is 4.92. The molecule has 140 valence electrons. The SMILES string of the molecule is CCn1c(SC(C)C(=O)NC2CCCc3ccccc32)nc2ccccc21. The van der Waals surface area contributed by atoms with Gasteiger partial charge in [0.1, 0.15) is 0 Å². The molecule has 5 heteroatoms. The molecule has 1 aliphatic rings. The standard InChI is InChI=1S/C22H25N3OS/c1-3-25-20-14-7-6-12-19(20)24-22(25)27-15(2)21(26)23-18-13-8-10-16-9-4-5-11-17(16)18/h4-7,9,11-12,14-15,18H,3,8,10,13H2,1-2H3,(H,23,26). The van der Waals surface area contributed by atoms with Crippen molar-refractivity contribution in [1.29, 1.82) is 0 Å². The number of fused-ring (bicyclic) bond motifs is 2. The zero-order valence-corrected chi connectivity index (χ0v) is 16.6. The van der Waals surface area contributed by atoms with Crippen LogP contribution < -0.4 is 5.32 Å². The summed E-state index contributed by atoms with van der Waals surface area (Å²) in [4.78, 5) is 17.6. The van der Waals surface area contributed by atoms with Crippen LogP contribution in [0, 0.1) is 0 Å². The number of imidazole rings is 1. The third kappa shape index (κ3) is 3.61. The largest absolute Gasteiger partial charge is 0.348 e. The minimum absolute atomic E-state index is 0.0800. The predicted molar refractivity (Wildman–Crippen MR) is 111 cm³/mol. The van der Waals surface area contributed by atoms with E-state index in [0.717, 1.165) is 42.0 Å². The summed E-state index contributed by atoms with van der Waals surface area (Å²) in [5, 5.41) is 3.98. The van der Waals surface area contributed by atoms with Gasteiger partial charge in [-0.3, -0.25) is 4.79 Å². The van der Waals surface area contributed by atoms with Gasteiger partial charge in [-0.05, 0) is 56.4 Å². The summed E-state index contributed by atoms with van der Waals surface area (Å²) in [5.74, 6) is 0.0800. The van der Waals surface area contributed by atoms with Crippen LogP contribution in [0.4, 0.5) is 0 Å². The highest BCUT2D eigenvalue weighted by Crippen LogP contribution is 2.31. The van der Waals surface area contributed by atoms with Crippen molar-refractivity contribution in [3.63, 3.8) is 0 Å². The highest BCUT2D eigenvalue weighted by Gasteiger charge is 2.25. The lowest BCUT2D eigenvalue weighted by Gasteiger charge is -2.27. The van der Waals surface area contributed by atoms with E-state index < -0.39 is 0 Å². The molecule has 0 bridgehead atoms. The van der Waals surface area contributed by atoms with Crippen LogP contribution in [0.5, 0.6) is 0 Å². The summed E-state index contributed by atoms with van der Waals surface area (Å²) >= 11 is 1.54. The topological polar surface area (TPSA) is 46.9 Å². The third-order valence-electron chi connectivity index (χ3n) is 5.27. The molecule has 0 spiro atoms. The van der Waals surface area contributed by atoms with Gasteiger partial charge in [0, 0.05) is 6.54 Å². The molecule has 4 nitrogen and oxygen atoms in total. The summed E-state index contributed by atoms with van der Waals surface area (Å²) in [6, 6.07) is 16.7. The Morgan fingerprint density at radius 2 is 2.04 bits per heavy atom. The third-order valence-corrected chi connectivity index (χ3v) is 6.36. The molecule has 0 saturated heterocycles. The second kappa shape index (κ2) is 7.77. The molecule has 1 aliphatic carbocycles. The fourth-order valence-corrected chi connectivity index (χ4v) is 4.85. The van der Waals surface area contributed by atoms with Gasteiger partial charge in [0.2, 0.25) is 5.91 Å². The first-order valence-corrected chi connectivity index (χ1v) is 10.6. The van der Waals surface area contributed by atoms with Crippen molar-refractivity contribution in [1.82, 2.24) is 14.9 Å². The predicted octanol–water partition coefficient (Wildman–Crippen LogP) is 4.73. The number of nitrogens with zero attached hydrogens (tertiary/aromatic N) is 2. The normalized spacial score (nSPS) is 17.5. The van der Waals surface area contributed by atoms with Crippen LogP contribution in [0.15, 0.2) is 53.7 Å². The maximum Gasteiger partial charge on any atom is 0.233 e. The molecule has 27 heavy (non-hydrogen) atoms.